The van der Waals surface area contributed by atoms with Crippen molar-refractivity contribution in [1.29, 1.82) is 0 Å². The van der Waals surface area contributed by atoms with Gasteiger partial charge in [-0.2, -0.15) is 0 Å². The fourth-order valence-electron chi connectivity index (χ4n) is 1.41. The van der Waals surface area contributed by atoms with Crippen LogP contribution in [0.1, 0.15) is 24.8 Å². The van der Waals surface area contributed by atoms with E-state index < -0.39 is 0 Å². The molecular weight excluding hydrogens is 178 g/mol. The molecule has 0 aliphatic heterocycles. The molecule has 0 heterocycles. The van der Waals surface area contributed by atoms with Crippen LogP contribution < -0.4 is 5.73 Å². The average molecular weight is 193 g/mol. The van der Waals surface area contributed by atoms with E-state index in [1.165, 1.54) is 29.7 Å². The first-order valence-corrected chi connectivity index (χ1v) is 5.66. The third kappa shape index (κ3) is 1.99. The number of nitrogen functional groups attached to an aromatic ring is 1. The zero-order valence-corrected chi connectivity index (χ0v) is 8.73. The second kappa shape index (κ2) is 3.62. The van der Waals surface area contributed by atoms with Crippen molar-refractivity contribution in [3.8, 4) is 0 Å². The van der Waals surface area contributed by atoms with Crippen LogP contribution in [0.4, 0.5) is 5.69 Å². The van der Waals surface area contributed by atoms with Gasteiger partial charge in [0.25, 0.3) is 0 Å². The highest BCUT2D eigenvalue weighted by molar-refractivity contribution is 8.00. The number of thioether (sulfide) groups is 1. The van der Waals surface area contributed by atoms with Crippen molar-refractivity contribution in [3.05, 3.63) is 23.8 Å². The molecule has 1 aromatic carbocycles. The van der Waals surface area contributed by atoms with Crippen molar-refractivity contribution < 1.29 is 0 Å². The van der Waals surface area contributed by atoms with Gasteiger partial charge in [-0.3, -0.25) is 0 Å². The number of aryl methyl sites for hydroxylation is 1. The zero-order chi connectivity index (χ0) is 9.26. The SMILES string of the molecule is Cc1ccc(N)cc1SC1CCC1. The predicted molar refractivity (Wildman–Crippen MR) is 59.1 cm³/mol. The molecular formula is C11H15NS. The van der Waals surface area contributed by atoms with E-state index in [0.717, 1.165) is 10.9 Å². The number of hydrogen-bond acceptors (Lipinski definition) is 2. The maximum absolute atomic E-state index is 5.75. The molecule has 0 bridgehead atoms. The largest absolute Gasteiger partial charge is 0.399 e. The number of anilines is 1. The summed E-state index contributed by atoms with van der Waals surface area (Å²) in [6.45, 7) is 2.15. The van der Waals surface area contributed by atoms with Crippen molar-refractivity contribution in [2.45, 2.75) is 36.3 Å². The van der Waals surface area contributed by atoms with Crippen LogP contribution in [0.2, 0.25) is 0 Å². The van der Waals surface area contributed by atoms with E-state index in [1.54, 1.807) is 0 Å². The van der Waals surface area contributed by atoms with Crippen molar-refractivity contribution in [3.63, 3.8) is 0 Å². The molecule has 2 rings (SSSR count). The molecule has 1 saturated carbocycles. The van der Waals surface area contributed by atoms with Crippen molar-refractivity contribution in [1.82, 2.24) is 0 Å². The Labute approximate surface area is 83.7 Å². The topological polar surface area (TPSA) is 26.0 Å². The molecule has 0 radical (unpaired) electrons. The highest BCUT2D eigenvalue weighted by Gasteiger charge is 2.19. The normalized spacial score (nSPS) is 17.0. The van der Waals surface area contributed by atoms with Gasteiger partial charge in [0, 0.05) is 15.8 Å². The molecule has 1 aliphatic rings. The second-order valence-electron chi connectivity index (χ2n) is 3.70. The van der Waals surface area contributed by atoms with Crippen molar-refractivity contribution in [2.75, 3.05) is 5.73 Å². The maximum Gasteiger partial charge on any atom is 0.0325 e. The van der Waals surface area contributed by atoms with Gasteiger partial charge in [-0.25, -0.2) is 0 Å². The second-order valence-corrected chi connectivity index (χ2v) is 5.04. The van der Waals surface area contributed by atoms with Gasteiger partial charge in [0.15, 0.2) is 0 Å². The lowest BCUT2D eigenvalue weighted by Crippen LogP contribution is -2.12. The molecule has 70 valence electrons. The van der Waals surface area contributed by atoms with E-state index in [2.05, 4.69) is 19.1 Å². The van der Waals surface area contributed by atoms with Gasteiger partial charge in [-0.05, 0) is 37.5 Å². The molecule has 13 heavy (non-hydrogen) atoms. The first-order valence-electron chi connectivity index (χ1n) is 4.78. The van der Waals surface area contributed by atoms with Crippen molar-refractivity contribution >= 4 is 17.4 Å². The average Bonchev–Trinajstić information content (AvgIpc) is 2.03. The van der Waals surface area contributed by atoms with Crippen LogP contribution in [0.3, 0.4) is 0 Å². The highest BCUT2D eigenvalue weighted by Crippen LogP contribution is 2.38. The minimum Gasteiger partial charge on any atom is -0.399 e. The Morgan fingerprint density at radius 2 is 2.15 bits per heavy atom. The van der Waals surface area contributed by atoms with Crippen LogP contribution in [-0.4, -0.2) is 5.25 Å². The van der Waals surface area contributed by atoms with E-state index in [0.29, 0.717) is 0 Å². The Hall–Kier alpha value is -0.630. The van der Waals surface area contributed by atoms with Gasteiger partial charge >= 0.3 is 0 Å². The van der Waals surface area contributed by atoms with Gasteiger partial charge < -0.3 is 5.73 Å². The smallest absolute Gasteiger partial charge is 0.0325 e. The minimum absolute atomic E-state index is 0.848. The highest BCUT2D eigenvalue weighted by atomic mass is 32.2. The lowest BCUT2D eigenvalue weighted by Gasteiger charge is -2.25. The minimum atomic E-state index is 0.848. The van der Waals surface area contributed by atoms with Crippen LogP contribution in [0, 0.1) is 6.92 Å². The lowest BCUT2D eigenvalue weighted by molar-refractivity contribution is 0.522. The number of benzene rings is 1. The fourth-order valence-corrected chi connectivity index (χ4v) is 2.80. The summed E-state index contributed by atoms with van der Waals surface area (Å²) in [6.07, 6.45) is 4.15. The molecule has 2 heteroatoms. The van der Waals surface area contributed by atoms with Crippen LogP contribution in [0.5, 0.6) is 0 Å². The molecule has 0 spiro atoms. The maximum atomic E-state index is 5.75. The fraction of sp³-hybridized carbons (Fsp3) is 0.455. The van der Waals surface area contributed by atoms with Crippen LogP contribution >= 0.6 is 11.8 Å². The molecule has 2 N–H and O–H groups in total. The molecule has 0 atom stereocenters. The lowest BCUT2D eigenvalue weighted by atomic mass is 10.00. The molecule has 0 unspecified atom stereocenters. The Kier molecular flexibility index (Phi) is 2.49. The van der Waals surface area contributed by atoms with Gasteiger partial charge in [0.05, 0.1) is 0 Å². The van der Waals surface area contributed by atoms with Gasteiger partial charge in [-0.15, -0.1) is 11.8 Å². The van der Waals surface area contributed by atoms with E-state index in [4.69, 9.17) is 5.73 Å². The van der Waals surface area contributed by atoms with Gasteiger partial charge in [0.1, 0.15) is 0 Å². The number of hydrogen-bond donors (Lipinski definition) is 1. The summed E-state index contributed by atoms with van der Waals surface area (Å²) in [7, 11) is 0. The Morgan fingerprint density at radius 3 is 2.77 bits per heavy atom. The van der Waals surface area contributed by atoms with Crippen LogP contribution in [0.15, 0.2) is 23.1 Å². The van der Waals surface area contributed by atoms with Gasteiger partial charge in [0.2, 0.25) is 0 Å². The number of rotatable bonds is 2. The Morgan fingerprint density at radius 1 is 1.38 bits per heavy atom. The quantitative estimate of drug-likeness (QED) is 0.730. The van der Waals surface area contributed by atoms with E-state index in [9.17, 15) is 0 Å². The third-order valence-electron chi connectivity index (χ3n) is 2.56. The summed E-state index contributed by atoms with van der Waals surface area (Å²) in [6, 6.07) is 6.18. The summed E-state index contributed by atoms with van der Waals surface area (Å²) in [5.74, 6) is 0. The third-order valence-corrected chi connectivity index (χ3v) is 4.06. The molecule has 1 nitrogen and oxygen atoms in total. The van der Waals surface area contributed by atoms with E-state index >= 15 is 0 Å². The van der Waals surface area contributed by atoms with Crippen LogP contribution in [-0.2, 0) is 0 Å². The van der Waals surface area contributed by atoms with E-state index in [1.807, 2.05) is 17.8 Å². The monoisotopic (exact) mass is 193 g/mol. The summed E-state index contributed by atoms with van der Waals surface area (Å²) in [5, 5.41) is 0.848. The summed E-state index contributed by atoms with van der Waals surface area (Å²) < 4.78 is 0. The zero-order valence-electron chi connectivity index (χ0n) is 7.92. The molecule has 1 aromatic rings. The Bertz CT molecular complexity index is 305. The molecule has 0 saturated heterocycles. The summed E-state index contributed by atoms with van der Waals surface area (Å²) in [5.41, 5.74) is 7.98. The standard InChI is InChI=1S/C11H15NS/c1-8-5-6-9(12)7-11(8)13-10-3-2-4-10/h5-7,10H,2-4,12H2,1H3. The predicted octanol–water partition coefficient (Wildman–Crippen LogP) is 3.22. The Balaban J connectivity index is 2.13. The molecule has 0 amide bonds. The molecule has 1 aliphatic carbocycles. The van der Waals surface area contributed by atoms with Crippen molar-refractivity contribution in [2.24, 2.45) is 0 Å². The molecule has 0 aromatic heterocycles. The van der Waals surface area contributed by atoms with E-state index in [-0.39, 0.29) is 0 Å². The summed E-state index contributed by atoms with van der Waals surface area (Å²) >= 11 is 1.99. The first-order chi connectivity index (χ1) is 6.25. The van der Waals surface area contributed by atoms with Gasteiger partial charge in [-0.1, -0.05) is 12.5 Å². The van der Waals surface area contributed by atoms with Crippen LogP contribution in [0.25, 0.3) is 0 Å². The summed E-state index contributed by atoms with van der Waals surface area (Å²) in [4.78, 5) is 1.37. The number of nitrogens with two attached hydrogens (primary N) is 1. The molecule has 1 fully saturated rings. The first kappa shape index (κ1) is 8.95.